The summed E-state index contributed by atoms with van der Waals surface area (Å²) in [5.74, 6) is -0.560. The normalized spacial score (nSPS) is 15.0. The zero-order valence-corrected chi connectivity index (χ0v) is 16.2. The third-order valence-corrected chi connectivity index (χ3v) is 4.19. The Morgan fingerprint density at radius 3 is 1.96 bits per heavy atom. The maximum atomic E-state index is 12.4. The number of carbonyl (C=O) groups excluding carboxylic acids is 2. The van der Waals surface area contributed by atoms with Gasteiger partial charge in [-0.05, 0) is 53.6 Å². The molecule has 0 rings (SSSR count). The SMILES string of the molecule is CC(CCN)C(=O)OC(C)(C)CCOC(C)(C)C(=O)C(C)CCN. The first-order chi connectivity index (χ1) is 11.0. The highest BCUT2D eigenvalue weighted by Crippen LogP contribution is 2.22. The first-order valence-electron chi connectivity index (χ1n) is 8.78. The minimum Gasteiger partial charge on any atom is -0.459 e. The Labute approximate surface area is 146 Å². The van der Waals surface area contributed by atoms with Crippen molar-refractivity contribution in [1.82, 2.24) is 0 Å². The number of hydrogen-bond donors (Lipinski definition) is 2. The van der Waals surface area contributed by atoms with Crippen molar-refractivity contribution in [3.63, 3.8) is 0 Å². The summed E-state index contributed by atoms with van der Waals surface area (Å²) in [6, 6.07) is 0. The van der Waals surface area contributed by atoms with Gasteiger partial charge in [-0.3, -0.25) is 9.59 Å². The van der Waals surface area contributed by atoms with Crippen LogP contribution in [0.2, 0.25) is 0 Å². The lowest BCUT2D eigenvalue weighted by Gasteiger charge is -2.30. The molecular formula is C18H36N2O4. The van der Waals surface area contributed by atoms with E-state index in [1.165, 1.54) is 0 Å². The van der Waals surface area contributed by atoms with Crippen molar-refractivity contribution < 1.29 is 19.1 Å². The molecule has 0 saturated heterocycles. The number of Topliss-reactive ketones (excluding diaryl/α,β-unsaturated/α-hetero) is 1. The minimum atomic E-state index is -0.873. The topological polar surface area (TPSA) is 105 Å². The smallest absolute Gasteiger partial charge is 0.309 e. The van der Waals surface area contributed by atoms with Crippen LogP contribution in [0.1, 0.15) is 60.8 Å². The van der Waals surface area contributed by atoms with Crippen molar-refractivity contribution in [3.05, 3.63) is 0 Å². The van der Waals surface area contributed by atoms with Gasteiger partial charge in [-0.25, -0.2) is 0 Å². The summed E-state index contributed by atoms with van der Waals surface area (Å²) < 4.78 is 11.3. The predicted molar refractivity (Wildman–Crippen MR) is 95.5 cm³/mol. The molecule has 0 bridgehead atoms. The second kappa shape index (κ2) is 10.1. The second-order valence-electron chi connectivity index (χ2n) is 7.61. The lowest BCUT2D eigenvalue weighted by Crippen LogP contribution is -2.41. The van der Waals surface area contributed by atoms with E-state index in [0.717, 1.165) is 0 Å². The third-order valence-electron chi connectivity index (χ3n) is 4.19. The fourth-order valence-corrected chi connectivity index (χ4v) is 2.39. The van der Waals surface area contributed by atoms with E-state index in [-0.39, 0.29) is 23.6 Å². The standard InChI is InChI=1S/C18H36N2O4/c1-13(7-10-19)15(21)18(5,6)23-12-9-17(3,4)24-16(22)14(2)8-11-20/h13-14H,7-12,19-20H2,1-6H3. The summed E-state index contributed by atoms with van der Waals surface area (Å²) in [5.41, 5.74) is 9.45. The second-order valence-corrected chi connectivity index (χ2v) is 7.61. The van der Waals surface area contributed by atoms with Crippen LogP contribution in [0.5, 0.6) is 0 Å². The molecule has 0 fully saturated rings. The maximum Gasteiger partial charge on any atom is 0.309 e. The number of ketones is 1. The number of hydrogen-bond acceptors (Lipinski definition) is 6. The lowest BCUT2D eigenvalue weighted by atomic mass is 9.90. The van der Waals surface area contributed by atoms with E-state index in [1.807, 2.05) is 27.7 Å². The third kappa shape index (κ3) is 8.22. The number of esters is 1. The van der Waals surface area contributed by atoms with Gasteiger partial charge in [0.05, 0.1) is 12.5 Å². The van der Waals surface area contributed by atoms with Gasteiger partial charge in [0.2, 0.25) is 0 Å². The first kappa shape index (κ1) is 23.0. The van der Waals surface area contributed by atoms with Gasteiger partial charge in [0.15, 0.2) is 5.78 Å². The van der Waals surface area contributed by atoms with Crippen molar-refractivity contribution in [2.75, 3.05) is 19.7 Å². The lowest BCUT2D eigenvalue weighted by molar-refractivity contribution is -0.165. The van der Waals surface area contributed by atoms with E-state index < -0.39 is 11.2 Å². The van der Waals surface area contributed by atoms with E-state index in [1.54, 1.807) is 13.8 Å². The Kier molecular flexibility index (Phi) is 9.70. The van der Waals surface area contributed by atoms with Crippen LogP contribution in [0.4, 0.5) is 0 Å². The summed E-state index contributed by atoms with van der Waals surface area (Å²) in [6.45, 7) is 12.2. The average molecular weight is 344 g/mol. The molecule has 0 radical (unpaired) electrons. The van der Waals surface area contributed by atoms with Crippen molar-refractivity contribution in [3.8, 4) is 0 Å². The Morgan fingerprint density at radius 2 is 1.46 bits per heavy atom. The van der Waals surface area contributed by atoms with Gasteiger partial charge in [-0.15, -0.1) is 0 Å². The summed E-state index contributed by atoms with van der Waals surface area (Å²) in [6.07, 6.45) is 1.76. The molecule has 0 heterocycles. The van der Waals surface area contributed by atoms with E-state index in [4.69, 9.17) is 20.9 Å². The Hall–Kier alpha value is -0.980. The molecule has 2 atom stereocenters. The molecule has 0 aliphatic heterocycles. The van der Waals surface area contributed by atoms with Crippen LogP contribution in [0, 0.1) is 11.8 Å². The van der Waals surface area contributed by atoms with Crippen LogP contribution in [-0.4, -0.2) is 42.7 Å². The van der Waals surface area contributed by atoms with Crippen LogP contribution >= 0.6 is 0 Å². The Balaban J connectivity index is 4.45. The van der Waals surface area contributed by atoms with Crippen molar-refractivity contribution in [2.45, 2.75) is 72.0 Å². The number of nitrogens with two attached hydrogens (primary N) is 2. The van der Waals surface area contributed by atoms with Gasteiger partial charge in [0.1, 0.15) is 11.2 Å². The van der Waals surface area contributed by atoms with Gasteiger partial charge in [-0.2, -0.15) is 0 Å². The molecule has 6 heteroatoms. The summed E-state index contributed by atoms with van der Waals surface area (Å²) in [7, 11) is 0. The molecule has 0 saturated carbocycles. The predicted octanol–water partition coefficient (Wildman–Crippen LogP) is 2.03. The van der Waals surface area contributed by atoms with E-state index in [0.29, 0.717) is 39.0 Å². The van der Waals surface area contributed by atoms with Crippen molar-refractivity contribution in [2.24, 2.45) is 23.3 Å². The number of carbonyl (C=O) groups is 2. The average Bonchev–Trinajstić information content (AvgIpc) is 2.45. The molecule has 6 nitrogen and oxygen atoms in total. The Bertz CT molecular complexity index is 408. The molecule has 0 aromatic heterocycles. The fraction of sp³-hybridized carbons (Fsp3) is 0.889. The molecule has 0 aromatic rings. The molecule has 2 unspecified atom stereocenters. The first-order valence-corrected chi connectivity index (χ1v) is 8.78. The molecule has 0 spiro atoms. The summed E-state index contributed by atoms with van der Waals surface area (Å²) in [4.78, 5) is 24.4. The van der Waals surface area contributed by atoms with E-state index >= 15 is 0 Å². The van der Waals surface area contributed by atoms with Crippen molar-refractivity contribution >= 4 is 11.8 Å². The molecule has 0 amide bonds. The largest absolute Gasteiger partial charge is 0.459 e. The van der Waals surface area contributed by atoms with Crippen LogP contribution in [-0.2, 0) is 19.1 Å². The molecule has 24 heavy (non-hydrogen) atoms. The van der Waals surface area contributed by atoms with Crippen LogP contribution < -0.4 is 11.5 Å². The van der Waals surface area contributed by atoms with Gasteiger partial charge < -0.3 is 20.9 Å². The van der Waals surface area contributed by atoms with E-state index in [2.05, 4.69) is 0 Å². The molecular weight excluding hydrogens is 308 g/mol. The maximum absolute atomic E-state index is 12.4. The van der Waals surface area contributed by atoms with Crippen LogP contribution in [0.15, 0.2) is 0 Å². The monoisotopic (exact) mass is 344 g/mol. The Morgan fingerprint density at radius 1 is 0.958 bits per heavy atom. The quantitative estimate of drug-likeness (QED) is 0.525. The minimum absolute atomic E-state index is 0.0410. The van der Waals surface area contributed by atoms with Crippen LogP contribution in [0.3, 0.4) is 0 Å². The highest BCUT2D eigenvalue weighted by atomic mass is 16.6. The molecule has 0 aliphatic carbocycles. The van der Waals surface area contributed by atoms with Gasteiger partial charge in [0, 0.05) is 12.3 Å². The van der Waals surface area contributed by atoms with Gasteiger partial charge in [0.25, 0.3) is 0 Å². The summed E-state index contributed by atoms with van der Waals surface area (Å²) in [5, 5.41) is 0. The van der Waals surface area contributed by atoms with Crippen LogP contribution in [0.25, 0.3) is 0 Å². The zero-order valence-electron chi connectivity index (χ0n) is 16.2. The molecule has 142 valence electrons. The van der Waals surface area contributed by atoms with Gasteiger partial charge >= 0.3 is 5.97 Å². The molecule has 0 aliphatic rings. The molecule has 4 N–H and O–H groups in total. The van der Waals surface area contributed by atoms with Crippen molar-refractivity contribution in [1.29, 1.82) is 0 Å². The fourth-order valence-electron chi connectivity index (χ4n) is 2.39. The molecule has 0 aromatic carbocycles. The van der Waals surface area contributed by atoms with E-state index in [9.17, 15) is 9.59 Å². The zero-order chi connectivity index (χ0) is 19.0. The summed E-state index contributed by atoms with van der Waals surface area (Å²) >= 11 is 0. The van der Waals surface area contributed by atoms with Gasteiger partial charge in [-0.1, -0.05) is 13.8 Å². The highest BCUT2D eigenvalue weighted by molar-refractivity contribution is 5.88. The highest BCUT2D eigenvalue weighted by Gasteiger charge is 2.33. The number of rotatable bonds is 12. The number of ether oxygens (including phenoxy) is 2.